The molecule has 2 aliphatic heterocycles. The van der Waals surface area contributed by atoms with Gasteiger partial charge in [0.15, 0.2) is 0 Å². The first kappa shape index (κ1) is 18.2. The largest absolute Gasteiger partial charge is 0.350 e. The lowest BCUT2D eigenvalue weighted by molar-refractivity contribution is 0.0791. The second-order valence-electron chi connectivity index (χ2n) is 7.27. The first-order valence-corrected chi connectivity index (χ1v) is 10.8. The summed E-state index contributed by atoms with van der Waals surface area (Å²) in [5.74, 6) is -0.275. The van der Waals surface area contributed by atoms with Gasteiger partial charge in [-0.05, 0) is 43.9 Å². The molecule has 0 bridgehead atoms. The smallest absolute Gasteiger partial charge is 0.259 e. The first-order valence-electron chi connectivity index (χ1n) is 9.32. The number of pyridine rings is 1. The maximum absolute atomic E-state index is 13.0. The molecular formula is C19H23N3O4S. The number of nitrogens with zero attached hydrogens (tertiary/aromatic N) is 3. The number of aryl methyl sites for hydroxylation is 1. The van der Waals surface area contributed by atoms with Gasteiger partial charge in [-0.3, -0.25) is 9.59 Å². The van der Waals surface area contributed by atoms with Gasteiger partial charge in [-0.15, -0.1) is 0 Å². The van der Waals surface area contributed by atoms with E-state index in [0.29, 0.717) is 31.7 Å². The van der Waals surface area contributed by atoms with Crippen molar-refractivity contribution in [2.45, 2.75) is 30.6 Å². The van der Waals surface area contributed by atoms with Crippen molar-refractivity contribution in [1.82, 2.24) is 13.8 Å². The van der Waals surface area contributed by atoms with Crippen LogP contribution in [0, 0.1) is 0 Å². The van der Waals surface area contributed by atoms with E-state index in [0.717, 1.165) is 25.7 Å². The Morgan fingerprint density at radius 1 is 1.00 bits per heavy atom. The molecule has 2 saturated heterocycles. The molecule has 0 atom stereocenters. The standard InChI is InChI=1S/C19H23N3O4S/c1-20-13-16(19(24)21-8-2-3-9-21)18(23)15-12-14(6-7-17(15)20)27(25,26)22-10-4-5-11-22/h6-7,12-13H,2-5,8-11H2,1H3. The molecule has 2 aromatic rings. The van der Waals surface area contributed by atoms with Gasteiger partial charge in [0, 0.05) is 44.8 Å². The van der Waals surface area contributed by atoms with Crippen molar-refractivity contribution in [1.29, 1.82) is 0 Å². The molecule has 0 N–H and O–H groups in total. The van der Waals surface area contributed by atoms with Crippen molar-refractivity contribution >= 4 is 26.8 Å². The Kier molecular flexibility index (Phi) is 4.55. The van der Waals surface area contributed by atoms with E-state index in [1.165, 1.54) is 16.4 Å². The predicted octanol–water partition coefficient (Wildman–Crippen LogP) is 1.56. The highest BCUT2D eigenvalue weighted by atomic mass is 32.2. The van der Waals surface area contributed by atoms with Crippen LogP contribution in [0.3, 0.4) is 0 Å². The molecule has 0 spiro atoms. The van der Waals surface area contributed by atoms with E-state index in [1.54, 1.807) is 28.8 Å². The molecule has 0 saturated carbocycles. The number of likely N-dealkylation sites (tertiary alicyclic amines) is 1. The van der Waals surface area contributed by atoms with E-state index in [1.807, 2.05) is 0 Å². The Hall–Kier alpha value is -2.19. The normalized spacial score (nSPS) is 18.5. The van der Waals surface area contributed by atoms with Gasteiger partial charge >= 0.3 is 0 Å². The number of carbonyl (C=O) groups is 1. The lowest BCUT2D eigenvalue weighted by atomic mass is 10.1. The molecule has 1 amide bonds. The van der Waals surface area contributed by atoms with Crippen LogP contribution in [-0.4, -0.2) is 54.3 Å². The highest BCUT2D eigenvalue weighted by molar-refractivity contribution is 7.89. The number of carbonyl (C=O) groups excluding carboxylic acids is 1. The van der Waals surface area contributed by atoms with Gasteiger partial charge in [0.2, 0.25) is 15.5 Å². The molecule has 144 valence electrons. The van der Waals surface area contributed by atoms with E-state index in [2.05, 4.69) is 0 Å². The number of rotatable bonds is 3. The Morgan fingerprint density at radius 3 is 2.30 bits per heavy atom. The minimum Gasteiger partial charge on any atom is -0.350 e. The van der Waals surface area contributed by atoms with Crippen molar-refractivity contribution in [2.24, 2.45) is 7.05 Å². The number of hydrogen-bond donors (Lipinski definition) is 0. The second-order valence-corrected chi connectivity index (χ2v) is 9.21. The molecule has 8 heteroatoms. The number of hydrogen-bond acceptors (Lipinski definition) is 4. The summed E-state index contributed by atoms with van der Waals surface area (Å²) < 4.78 is 28.9. The van der Waals surface area contributed by atoms with Gasteiger partial charge < -0.3 is 9.47 Å². The summed E-state index contributed by atoms with van der Waals surface area (Å²) in [6.07, 6.45) is 5.14. The molecule has 0 unspecified atom stereocenters. The molecule has 27 heavy (non-hydrogen) atoms. The molecule has 3 heterocycles. The zero-order valence-electron chi connectivity index (χ0n) is 15.3. The van der Waals surface area contributed by atoms with Crippen molar-refractivity contribution in [2.75, 3.05) is 26.2 Å². The summed E-state index contributed by atoms with van der Waals surface area (Å²) >= 11 is 0. The molecule has 1 aromatic heterocycles. The van der Waals surface area contributed by atoms with Crippen LogP contribution in [-0.2, 0) is 17.1 Å². The number of aromatic nitrogens is 1. The van der Waals surface area contributed by atoms with Crippen LogP contribution in [0.25, 0.3) is 10.9 Å². The van der Waals surface area contributed by atoms with Gasteiger partial charge in [-0.25, -0.2) is 8.42 Å². The van der Waals surface area contributed by atoms with Crippen molar-refractivity contribution in [3.63, 3.8) is 0 Å². The van der Waals surface area contributed by atoms with Gasteiger partial charge in [0.05, 0.1) is 10.4 Å². The van der Waals surface area contributed by atoms with Crippen LogP contribution in [0.4, 0.5) is 0 Å². The van der Waals surface area contributed by atoms with Crippen LogP contribution in [0.5, 0.6) is 0 Å². The molecule has 4 rings (SSSR count). The minimum atomic E-state index is -3.62. The number of amides is 1. The summed E-state index contributed by atoms with van der Waals surface area (Å²) in [6, 6.07) is 4.60. The maximum Gasteiger partial charge on any atom is 0.259 e. The van der Waals surface area contributed by atoms with E-state index in [4.69, 9.17) is 0 Å². The van der Waals surface area contributed by atoms with Crippen LogP contribution >= 0.6 is 0 Å². The number of sulfonamides is 1. The topological polar surface area (TPSA) is 79.7 Å². The molecule has 7 nitrogen and oxygen atoms in total. The highest BCUT2D eigenvalue weighted by Crippen LogP contribution is 2.24. The Labute approximate surface area is 158 Å². The summed E-state index contributed by atoms with van der Waals surface area (Å²) in [5.41, 5.74) is 0.305. The third-order valence-corrected chi connectivity index (χ3v) is 7.38. The van der Waals surface area contributed by atoms with E-state index in [-0.39, 0.29) is 21.8 Å². The monoisotopic (exact) mass is 389 g/mol. The quantitative estimate of drug-likeness (QED) is 0.798. The summed E-state index contributed by atoms with van der Waals surface area (Å²) in [6.45, 7) is 2.32. The summed E-state index contributed by atoms with van der Waals surface area (Å²) in [7, 11) is -1.86. The highest BCUT2D eigenvalue weighted by Gasteiger charge is 2.28. The molecule has 2 aliphatic rings. The van der Waals surface area contributed by atoms with Crippen LogP contribution in [0.2, 0.25) is 0 Å². The number of fused-ring (bicyclic) bond motifs is 1. The van der Waals surface area contributed by atoms with Crippen molar-refractivity contribution in [3.05, 3.63) is 40.2 Å². The zero-order valence-corrected chi connectivity index (χ0v) is 16.2. The fraction of sp³-hybridized carbons (Fsp3) is 0.474. The third kappa shape index (κ3) is 3.06. The van der Waals surface area contributed by atoms with E-state index in [9.17, 15) is 18.0 Å². The maximum atomic E-state index is 13.0. The predicted molar refractivity (Wildman–Crippen MR) is 102 cm³/mol. The SMILES string of the molecule is Cn1cc(C(=O)N2CCCC2)c(=O)c2cc(S(=O)(=O)N3CCCC3)ccc21. The average Bonchev–Trinajstić information content (AvgIpc) is 3.37. The number of benzene rings is 1. The Morgan fingerprint density at radius 2 is 1.63 bits per heavy atom. The third-order valence-electron chi connectivity index (χ3n) is 5.49. The summed E-state index contributed by atoms with van der Waals surface area (Å²) in [5, 5.41) is 0.266. The molecular weight excluding hydrogens is 366 g/mol. The van der Waals surface area contributed by atoms with Gasteiger partial charge in [0.1, 0.15) is 5.56 Å². The van der Waals surface area contributed by atoms with Crippen LogP contribution < -0.4 is 5.43 Å². The van der Waals surface area contributed by atoms with Gasteiger partial charge in [-0.1, -0.05) is 0 Å². The van der Waals surface area contributed by atoms with E-state index < -0.39 is 15.5 Å². The fourth-order valence-electron chi connectivity index (χ4n) is 3.95. The first-order chi connectivity index (χ1) is 12.9. The van der Waals surface area contributed by atoms with Crippen LogP contribution in [0.15, 0.2) is 34.1 Å². The second kappa shape index (κ2) is 6.76. The van der Waals surface area contributed by atoms with Crippen LogP contribution in [0.1, 0.15) is 36.0 Å². The fourth-order valence-corrected chi connectivity index (χ4v) is 5.50. The molecule has 0 aliphatic carbocycles. The zero-order chi connectivity index (χ0) is 19.2. The van der Waals surface area contributed by atoms with Gasteiger partial charge in [0.25, 0.3) is 5.91 Å². The average molecular weight is 389 g/mol. The molecule has 0 radical (unpaired) electrons. The Balaban J connectivity index is 1.83. The lowest BCUT2D eigenvalue weighted by Crippen LogP contribution is -2.32. The minimum absolute atomic E-state index is 0.0996. The van der Waals surface area contributed by atoms with E-state index >= 15 is 0 Å². The Bertz CT molecular complexity index is 1060. The molecule has 1 aromatic carbocycles. The molecule has 2 fully saturated rings. The van der Waals surface area contributed by atoms with Gasteiger partial charge in [-0.2, -0.15) is 4.31 Å². The summed E-state index contributed by atoms with van der Waals surface area (Å²) in [4.78, 5) is 27.5. The van der Waals surface area contributed by atoms with Crippen molar-refractivity contribution < 1.29 is 13.2 Å². The van der Waals surface area contributed by atoms with Crippen molar-refractivity contribution in [3.8, 4) is 0 Å². The lowest BCUT2D eigenvalue weighted by Gasteiger charge is -2.18.